The fourth-order valence-electron chi connectivity index (χ4n) is 5.26. The highest BCUT2D eigenvalue weighted by atomic mass is 32.1. The van der Waals surface area contributed by atoms with Crippen molar-refractivity contribution in [2.75, 3.05) is 37.1 Å². The van der Waals surface area contributed by atoms with Gasteiger partial charge in [-0.2, -0.15) is 4.39 Å². The van der Waals surface area contributed by atoms with E-state index in [0.717, 1.165) is 35.3 Å². The molecule has 0 saturated carbocycles. The van der Waals surface area contributed by atoms with Crippen LogP contribution in [-0.2, 0) is 25.5 Å². The zero-order valence-corrected chi connectivity index (χ0v) is 22.5. The summed E-state index contributed by atoms with van der Waals surface area (Å²) >= 11 is 0.746. The first-order valence-electron chi connectivity index (χ1n) is 12.8. The van der Waals surface area contributed by atoms with E-state index in [-0.39, 0.29) is 35.5 Å². The molecule has 0 radical (unpaired) electrons. The van der Waals surface area contributed by atoms with E-state index >= 15 is 4.39 Å². The van der Waals surface area contributed by atoms with Crippen LogP contribution in [0.2, 0.25) is 0 Å². The molecule has 2 aliphatic rings. The van der Waals surface area contributed by atoms with Crippen molar-refractivity contribution < 1.29 is 28.6 Å². The maximum absolute atomic E-state index is 15.4. The van der Waals surface area contributed by atoms with Crippen LogP contribution in [0, 0.1) is 17.0 Å². The molecule has 2 amide bonds. The number of anilines is 2. The Morgan fingerprint density at radius 3 is 2.69 bits per heavy atom. The quantitative estimate of drug-likeness (QED) is 0.441. The fourth-order valence-corrected chi connectivity index (χ4v) is 6.04. The van der Waals surface area contributed by atoms with Crippen LogP contribution < -0.4 is 9.80 Å². The molecular weight excluding hydrogens is 523 g/mol. The molecule has 0 spiro atoms. The summed E-state index contributed by atoms with van der Waals surface area (Å²) in [6.07, 6.45) is 3.60. The molecular formula is C28H29FN4O5S. The number of rotatable bonds is 8. The smallest absolute Gasteiger partial charge is 0.304 e. The molecule has 1 atom stereocenters. The summed E-state index contributed by atoms with van der Waals surface area (Å²) in [7, 11) is 3.19. The molecule has 1 fully saturated rings. The van der Waals surface area contributed by atoms with Crippen molar-refractivity contribution in [1.29, 1.82) is 0 Å². The Morgan fingerprint density at radius 1 is 1.26 bits per heavy atom. The number of hydrogen-bond donors (Lipinski definition) is 1. The number of halogens is 1. The maximum atomic E-state index is 15.4. The highest BCUT2D eigenvalue weighted by Crippen LogP contribution is 2.39. The Labute approximate surface area is 229 Å². The number of carbonyl (C=O) groups is 3. The number of carboxylic acid groups (broad SMARTS) is 1. The first kappa shape index (κ1) is 26.9. The van der Waals surface area contributed by atoms with E-state index in [4.69, 9.17) is 4.74 Å². The summed E-state index contributed by atoms with van der Waals surface area (Å²) in [6.45, 7) is 1.20. The van der Waals surface area contributed by atoms with Crippen LogP contribution >= 0.6 is 11.3 Å². The van der Waals surface area contributed by atoms with Gasteiger partial charge in [0.25, 0.3) is 0 Å². The number of aliphatic carboxylic acids is 1. The molecule has 2 aliphatic heterocycles. The zero-order valence-electron chi connectivity index (χ0n) is 21.7. The minimum atomic E-state index is -1.05. The van der Waals surface area contributed by atoms with E-state index < -0.39 is 22.9 Å². The molecule has 1 aromatic carbocycles. The fraction of sp³-hybridized carbons (Fsp3) is 0.393. The van der Waals surface area contributed by atoms with E-state index in [1.807, 2.05) is 18.2 Å². The molecule has 204 valence electrons. The van der Waals surface area contributed by atoms with Crippen molar-refractivity contribution in [2.24, 2.45) is 11.8 Å². The van der Waals surface area contributed by atoms with E-state index in [2.05, 4.69) is 9.97 Å². The number of benzene rings is 1. The van der Waals surface area contributed by atoms with Crippen LogP contribution in [0.1, 0.15) is 31.2 Å². The zero-order chi connectivity index (χ0) is 27.7. The van der Waals surface area contributed by atoms with Crippen molar-refractivity contribution in [3.05, 3.63) is 47.2 Å². The van der Waals surface area contributed by atoms with E-state index in [1.165, 1.54) is 16.8 Å². The number of likely N-dealkylation sites (N-methyl/N-ethyl adjacent to an activating group) is 1. The summed E-state index contributed by atoms with van der Waals surface area (Å²) in [5.41, 5.74) is 2.85. The highest BCUT2D eigenvalue weighted by Gasteiger charge is 2.31. The van der Waals surface area contributed by atoms with E-state index in [0.29, 0.717) is 36.6 Å². The minimum absolute atomic E-state index is 0.0381. The van der Waals surface area contributed by atoms with Crippen molar-refractivity contribution in [3.8, 4) is 22.4 Å². The molecule has 9 nitrogen and oxygen atoms in total. The van der Waals surface area contributed by atoms with Crippen LogP contribution in [0.3, 0.4) is 0 Å². The summed E-state index contributed by atoms with van der Waals surface area (Å²) in [5, 5.41) is 9.04. The predicted octanol–water partition coefficient (Wildman–Crippen LogP) is 4.40. The topological polar surface area (TPSA) is 113 Å². The molecule has 39 heavy (non-hydrogen) atoms. The third kappa shape index (κ3) is 5.55. The molecule has 5 rings (SSSR count). The summed E-state index contributed by atoms with van der Waals surface area (Å²) < 4.78 is 20.8. The molecule has 0 bridgehead atoms. The lowest BCUT2D eigenvalue weighted by atomic mass is 9.86. The Balaban J connectivity index is 1.42. The van der Waals surface area contributed by atoms with Gasteiger partial charge in [0.1, 0.15) is 11.5 Å². The minimum Gasteiger partial charge on any atom is -0.481 e. The number of carboxylic acids is 1. The number of ether oxygens (including phenoxy) is 1. The van der Waals surface area contributed by atoms with Gasteiger partial charge in [-0.15, -0.1) is 0 Å². The molecule has 1 unspecified atom stereocenters. The van der Waals surface area contributed by atoms with Gasteiger partial charge in [-0.05, 0) is 36.8 Å². The van der Waals surface area contributed by atoms with E-state index in [9.17, 15) is 19.5 Å². The lowest BCUT2D eigenvalue weighted by molar-refractivity contribution is -0.141. The van der Waals surface area contributed by atoms with Gasteiger partial charge in [-0.1, -0.05) is 35.6 Å². The standard InChI is InChI=1S/C28H29FN4O5S/c1-32-22(34)13-17-12-19(15-30-26(17)32)20-5-3-4-6-21(20)24-25(29)39-28(31-24)33(2)27(37)18(14-23(35)36)11-16-7-9-38-10-8-16/h3-6,12,15-16,18H,7-11,13-14H2,1-2H3,(H,35,36). The molecule has 2 aromatic heterocycles. The van der Waals surface area contributed by atoms with Gasteiger partial charge in [0.15, 0.2) is 5.13 Å². The van der Waals surface area contributed by atoms with Crippen LogP contribution in [0.4, 0.5) is 15.3 Å². The third-order valence-corrected chi connectivity index (χ3v) is 8.31. The Hall–Kier alpha value is -3.70. The van der Waals surface area contributed by atoms with Gasteiger partial charge in [0.2, 0.25) is 16.9 Å². The number of fused-ring (bicyclic) bond motifs is 1. The van der Waals surface area contributed by atoms with Crippen molar-refractivity contribution in [1.82, 2.24) is 9.97 Å². The monoisotopic (exact) mass is 552 g/mol. The van der Waals surface area contributed by atoms with Crippen LogP contribution in [-0.4, -0.2) is 60.2 Å². The van der Waals surface area contributed by atoms with Crippen molar-refractivity contribution >= 4 is 40.1 Å². The summed E-state index contributed by atoms with van der Waals surface area (Å²) in [5.74, 6) is -1.41. The number of hydrogen-bond acceptors (Lipinski definition) is 7. The lowest BCUT2D eigenvalue weighted by Crippen LogP contribution is -2.35. The van der Waals surface area contributed by atoms with Gasteiger partial charge in [-0.25, -0.2) is 9.97 Å². The normalized spacial score (nSPS) is 16.3. The Bertz CT molecular complexity index is 1420. The van der Waals surface area contributed by atoms with Crippen LogP contribution in [0.25, 0.3) is 22.4 Å². The second-order valence-electron chi connectivity index (χ2n) is 9.98. The number of amides is 2. The predicted molar refractivity (Wildman–Crippen MR) is 145 cm³/mol. The average Bonchev–Trinajstić information content (AvgIpc) is 3.46. The van der Waals surface area contributed by atoms with E-state index in [1.54, 1.807) is 25.4 Å². The van der Waals surface area contributed by atoms with Crippen LogP contribution in [0.5, 0.6) is 0 Å². The van der Waals surface area contributed by atoms with Gasteiger partial charge in [0.05, 0.1) is 12.8 Å². The number of aromatic nitrogens is 2. The number of pyridine rings is 1. The first-order valence-corrected chi connectivity index (χ1v) is 13.6. The van der Waals surface area contributed by atoms with Gasteiger partial charge in [0, 0.05) is 56.1 Å². The van der Waals surface area contributed by atoms with Gasteiger partial charge < -0.3 is 9.84 Å². The second-order valence-corrected chi connectivity index (χ2v) is 10.9. The second kappa shape index (κ2) is 11.2. The Kier molecular flexibility index (Phi) is 7.72. The molecule has 11 heteroatoms. The SMILES string of the molecule is CN(C(=O)C(CC(=O)O)CC1CCOCC1)c1nc(-c2ccccc2-c2cnc3c(c2)CC(=O)N3C)c(F)s1. The summed E-state index contributed by atoms with van der Waals surface area (Å²) in [6, 6.07) is 9.08. The molecule has 3 aromatic rings. The van der Waals surface area contributed by atoms with Gasteiger partial charge >= 0.3 is 5.97 Å². The Morgan fingerprint density at radius 2 is 1.97 bits per heavy atom. The highest BCUT2D eigenvalue weighted by molar-refractivity contribution is 7.14. The summed E-state index contributed by atoms with van der Waals surface area (Å²) in [4.78, 5) is 48.8. The molecule has 1 N–H and O–H groups in total. The number of thiazole rings is 1. The van der Waals surface area contributed by atoms with Crippen LogP contribution in [0.15, 0.2) is 36.5 Å². The number of carbonyl (C=O) groups excluding carboxylic acids is 2. The van der Waals surface area contributed by atoms with Gasteiger partial charge in [-0.3, -0.25) is 24.2 Å². The third-order valence-electron chi connectivity index (χ3n) is 7.39. The lowest BCUT2D eigenvalue weighted by Gasteiger charge is -2.27. The molecule has 1 saturated heterocycles. The first-order chi connectivity index (χ1) is 18.7. The number of nitrogens with zero attached hydrogens (tertiary/aromatic N) is 4. The van der Waals surface area contributed by atoms with Crippen molar-refractivity contribution in [3.63, 3.8) is 0 Å². The van der Waals surface area contributed by atoms with Crippen molar-refractivity contribution in [2.45, 2.75) is 32.1 Å². The molecule has 4 heterocycles. The molecule has 0 aliphatic carbocycles. The largest absolute Gasteiger partial charge is 0.481 e. The maximum Gasteiger partial charge on any atom is 0.304 e. The average molecular weight is 553 g/mol.